The van der Waals surface area contributed by atoms with E-state index < -0.39 is 0 Å². The molecular formula is C10H8Br2O3. The van der Waals surface area contributed by atoms with E-state index in [2.05, 4.69) is 31.9 Å². The first kappa shape index (κ1) is 11.1. The summed E-state index contributed by atoms with van der Waals surface area (Å²) in [5.74, 6) is -0.335. The number of hydrogen-bond acceptors (Lipinski definition) is 3. The molecule has 5 heteroatoms. The molecule has 2 rings (SSSR count). The fraction of sp³-hybridized carbons (Fsp3) is 0.300. The maximum Gasteiger partial charge on any atom is 0.339 e. The molecular weight excluding hydrogens is 328 g/mol. The van der Waals surface area contributed by atoms with Crippen LogP contribution in [0.5, 0.6) is 0 Å². The van der Waals surface area contributed by atoms with Crippen molar-refractivity contribution in [2.75, 3.05) is 13.2 Å². The molecule has 1 aliphatic heterocycles. The minimum atomic E-state index is -0.335. The Labute approximate surface area is 104 Å². The van der Waals surface area contributed by atoms with Crippen molar-refractivity contribution in [2.45, 2.75) is 6.10 Å². The van der Waals surface area contributed by atoms with Crippen LogP contribution in [0.25, 0.3) is 0 Å². The van der Waals surface area contributed by atoms with Crippen molar-refractivity contribution >= 4 is 37.8 Å². The summed E-state index contributed by atoms with van der Waals surface area (Å²) in [7, 11) is 0. The molecule has 0 radical (unpaired) electrons. The number of hydrogen-bond donors (Lipinski definition) is 0. The molecule has 1 unspecified atom stereocenters. The molecule has 0 N–H and O–H groups in total. The van der Waals surface area contributed by atoms with E-state index in [4.69, 9.17) is 9.47 Å². The first-order chi connectivity index (χ1) is 7.18. The average molecular weight is 336 g/mol. The van der Waals surface area contributed by atoms with E-state index in [9.17, 15) is 4.79 Å². The van der Waals surface area contributed by atoms with Crippen molar-refractivity contribution in [1.82, 2.24) is 0 Å². The highest BCUT2D eigenvalue weighted by Gasteiger charge is 2.25. The molecule has 1 aliphatic rings. The van der Waals surface area contributed by atoms with Crippen molar-refractivity contribution in [1.29, 1.82) is 0 Å². The largest absolute Gasteiger partial charge is 0.459 e. The van der Waals surface area contributed by atoms with Gasteiger partial charge in [0.1, 0.15) is 12.7 Å². The third kappa shape index (κ3) is 2.80. The number of carbonyl (C=O) groups is 1. The van der Waals surface area contributed by atoms with Gasteiger partial charge in [-0.25, -0.2) is 4.79 Å². The van der Waals surface area contributed by atoms with Gasteiger partial charge < -0.3 is 9.47 Å². The lowest BCUT2D eigenvalue weighted by Gasteiger charge is -2.05. The normalized spacial score (nSPS) is 18.7. The third-order valence-electron chi connectivity index (χ3n) is 1.97. The molecule has 80 valence electrons. The number of carbonyl (C=O) groups excluding carboxylic acids is 1. The highest BCUT2D eigenvalue weighted by molar-refractivity contribution is 9.13. The van der Waals surface area contributed by atoms with E-state index >= 15 is 0 Å². The fourth-order valence-electron chi connectivity index (χ4n) is 1.07. The van der Waals surface area contributed by atoms with Gasteiger partial charge in [0.25, 0.3) is 0 Å². The monoisotopic (exact) mass is 334 g/mol. The summed E-state index contributed by atoms with van der Waals surface area (Å²) >= 11 is 6.65. The van der Waals surface area contributed by atoms with Gasteiger partial charge in [-0.1, -0.05) is 6.07 Å². The quantitative estimate of drug-likeness (QED) is 0.629. The second-order valence-corrected chi connectivity index (χ2v) is 4.80. The maximum atomic E-state index is 11.6. The standard InChI is InChI=1S/C10H8Br2O3/c11-8-3-1-2-7(9(8)12)10(13)15-5-6-4-14-6/h1-3,6H,4-5H2. The van der Waals surface area contributed by atoms with Gasteiger partial charge in [-0.3, -0.25) is 0 Å². The number of rotatable bonds is 3. The predicted octanol–water partition coefficient (Wildman–Crippen LogP) is 2.77. The molecule has 0 aromatic heterocycles. The van der Waals surface area contributed by atoms with Crippen LogP contribution in [0.3, 0.4) is 0 Å². The highest BCUT2D eigenvalue weighted by Crippen LogP contribution is 2.27. The molecule has 1 saturated heterocycles. The lowest BCUT2D eigenvalue weighted by atomic mass is 10.2. The van der Waals surface area contributed by atoms with Gasteiger partial charge in [0, 0.05) is 8.95 Å². The van der Waals surface area contributed by atoms with Gasteiger partial charge in [0.2, 0.25) is 0 Å². The second kappa shape index (κ2) is 4.63. The van der Waals surface area contributed by atoms with Crippen LogP contribution in [-0.2, 0) is 9.47 Å². The number of epoxide rings is 1. The van der Waals surface area contributed by atoms with E-state index in [0.717, 1.165) is 4.47 Å². The molecule has 0 aliphatic carbocycles. The maximum absolute atomic E-state index is 11.6. The van der Waals surface area contributed by atoms with Crippen molar-refractivity contribution < 1.29 is 14.3 Å². The van der Waals surface area contributed by atoms with Crippen molar-refractivity contribution in [3.63, 3.8) is 0 Å². The van der Waals surface area contributed by atoms with Gasteiger partial charge in [-0.05, 0) is 44.0 Å². The van der Waals surface area contributed by atoms with Crippen molar-refractivity contribution in [2.24, 2.45) is 0 Å². The number of esters is 1. The van der Waals surface area contributed by atoms with Crippen LogP contribution in [0.2, 0.25) is 0 Å². The molecule has 0 saturated carbocycles. The van der Waals surface area contributed by atoms with Gasteiger partial charge in [0.15, 0.2) is 0 Å². The molecule has 1 aromatic carbocycles. The summed E-state index contributed by atoms with van der Waals surface area (Å²) in [5, 5.41) is 0. The predicted molar refractivity (Wildman–Crippen MR) is 61.9 cm³/mol. The van der Waals surface area contributed by atoms with E-state index in [1.807, 2.05) is 6.07 Å². The Morgan fingerprint density at radius 1 is 1.53 bits per heavy atom. The van der Waals surface area contributed by atoms with Crippen molar-refractivity contribution in [3.8, 4) is 0 Å². The minimum Gasteiger partial charge on any atom is -0.459 e. The minimum absolute atomic E-state index is 0.0971. The SMILES string of the molecule is O=C(OCC1CO1)c1cccc(Br)c1Br. The van der Waals surface area contributed by atoms with Crippen LogP contribution in [0.4, 0.5) is 0 Å². The Morgan fingerprint density at radius 2 is 2.27 bits per heavy atom. The van der Waals surface area contributed by atoms with E-state index in [1.165, 1.54) is 0 Å². The van der Waals surface area contributed by atoms with Crippen LogP contribution in [0.1, 0.15) is 10.4 Å². The number of benzene rings is 1. The summed E-state index contributed by atoms with van der Waals surface area (Å²) in [4.78, 5) is 11.6. The fourth-order valence-corrected chi connectivity index (χ4v) is 1.86. The summed E-state index contributed by atoms with van der Waals surface area (Å²) < 4.78 is 11.6. The number of ether oxygens (including phenoxy) is 2. The highest BCUT2D eigenvalue weighted by atomic mass is 79.9. The van der Waals surface area contributed by atoms with Crippen LogP contribution < -0.4 is 0 Å². The zero-order valence-electron chi connectivity index (χ0n) is 7.70. The molecule has 1 fully saturated rings. The summed E-state index contributed by atoms with van der Waals surface area (Å²) in [6, 6.07) is 5.36. The average Bonchev–Trinajstić information content (AvgIpc) is 3.02. The summed E-state index contributed by atoms with van der Waals surface area (Å²) in [5.41, 5.74) is 0.519. The van der Waals surface area contributed by atoms with E-state index in [1.54, 1.807) is 12.1 Å². The Morgan fingerprint density at radius 3 is 2.93 bits per heavy atom. The molecule has 15 heavy (non-hydrogen) atoms. The van der Waals surface area contributed by atoms with Crippen LogP contribution >= 0.6 is 31.9 Å². The Hall–Kier alpha value is -0.390. The Kier molecular flexibility index (Phi) is 3.43. The molecule has 0 spiro atoms. The van der Waals surface area contributed by atoms with Crippen LogP contribution in [-0.4, -0.2) is 25.3 Å². The first-order valence-electron chi connectivity index (χ1n) is 4.41. The summed E-state index contributed by atoms with van der Waals surface area (Å²) in [6.07, 6.45) is 0.0971. The van der Waals surface area contributed by atoms with Gasteiger partial charge >= 0.3 is 5.97 Å². The Balaban J connectivity index is 2.06. The molecule has 0 amide bonds. The second-order valence-electron chi connectivity index (χ2n) is 3.16. The lowest BCUT2D eigenvalue weighted by molar-refractivity contribution is 0.0475. The topological polar surface area (TPSA) is 38.8 Å². The number of halogens is 2. The van der Waals surface area contributed by atoms with Crippen molar-refractivity contribution in [3.05, 3.63) is 32.7 Å². The van der Waals surface area contributed by atoms with Gasteiger partial charge in [0.05, 0.1) is 12.2 Å². The molecule has 3 nitrogen and oxygen atoms in total. The Bertz CT molecular complexity index is 388. The smallest absolute Gasteiger partial charge is 0.339 e. The molecule has 1 atom stereocenters. The van der Waals surface area contributed by atoms with Gasteiger partial charge in [-0.15, -0.1) is 0 Å². The summed E-state index contributed by atoms with van der Waals surface area (Å²) in [6.45, 7) is 1.02. The van der Waals surface area contributed by atoms with E-state index in [-0.39, 0.29) is 12.1 Å². The first-order valence-corrected chi connectivity index (χ1v) is 6.00. The molecule has 1 aromatic rings. The van der Waals surface area contributed by atoms with Gasteiger partial charge in [-0.2, -0.15) is 0 Å². The third-order valence-corrected chi connectivity index (χ3v) is 4.02. The zero-order valence-corrected chi connectivity index (χ0v) is 10.9. The van der Waals surface area contributed by atoms with Crippen LogP contribution in [0.15, 0.2) is 27.1 Å². The lowest BCUT2D eigenvalue weighted by Crippen LogP contribution is -2.10. The van der Waals surface area contributed by atoms with E-state index in [0.29, 0.717) is 23.2 Å². The molecule has 1 heterocycles. The zero-order chi connectivity index (χ0) is 10.8. The van der Waals surface area contributed by atoms with Crippen LogP contribution in [0, 0.1) is 0 Å². The molecule has 0 bridgehead atoms.